The topological polar surface area (TPSA) is 111 Å². The van der Waals surface area contributed by atoms with Gasteiger partial charge in [0.25, 0.3) is 0 Å². The molecule has 1 fully saturated rings. The molecule has 0 unspecified atom stereocenters. The summed E-state index contributed by atoms with van der Waals surface area (Å²) in [4.78, 5) is 23.1. The third kappa shape index (κ3) is 8.79. The number of hydrogen-bond acceptors (Lipinski definition) is 6. The lowest BCUT2D eigenvalue weighted by Crippen LogP contribution is -2.45. The highest BCUT2D eigenvalue weighted by Crippen LogP contribution is 2.27. The molecule has 0 amide bonds. The normalized spacial score (nSPS) is 14.5. The molecule has 8 nitrogen and oxygen atoms in total. The van der Waals surface area contributed by atoms with E-state index in [2.05, 4.69) is 46.2 Å². The molecule has 0 aliphatic carbocycles. The number of phenols is 1. The van der Waals surface area contributed by atoms with Crippen LogP contribution in [0.3, 0.4) is 0 Å². The van der Waals surface area contributed by atoms with Crippen molar-refractivity contribution in [3.63, 3.8) is 0 Å². The fraction of sp³-hybridized carbons (Fsp3) is 0.333. The number of ether oxygens (including phenoxy) is 1. The zero-order chi connectivity index (χ0) is 23.3. The van der Waals surface area contributed by atoms with Crippen molar-refractivity contribution in [1.82, 2.24) is 9.80 Å². The molecule has 2 aromatic carbocycles. The summed E-state index contributed by atoms with van der Waals surface area (Å²) in [5, 5.41) is 24.6. The van der Waals surface area contributed by atoms with Crippen LogP contribution < -0.4 is 4.74 Å². The van der Waals surface area contributed by atoms with Crippen LogP contribution in [0.1, 0.15) is 18.1 Å². The van der Waals surface area contributed by atoms with Gasteiger partial charge in [-0.15, -0.1) is 0 Å². The SMILES string of the molecule is CCOc1cc(CN2CCN(CC=Cc3ccccc3)CC2)ccc1O.O=C(O)C(=O)O. The van der Waals surface area contributed by atoms with E-state index >= 15 is 0 Å². The first-order valence-corrected chi connectivity index (χ1v) is 10.5. The van der Waals surface area contributed by atoms with E-state index in [1.165, 1.54) is 11.1 Å². The molecule has 0 saturated carbocycles. The Morgan fingerprint density at radius 3 is 2.19 bits per heavy atom. The van der Waals surface area contributed by atoms with E-state index < -0.39 is 11.9 Å². The first-order chi connectivity index (χ1) is 15.4. The maximum Gasteiger partial charge on any atom is 0.414 e. The Hall–Kier alpha value is -3.36. The van der Waals surface area contributed by atoms with Crippen molar-refractivity contribution in [3.8, 4) is 11.5 Å². The minimum atomic E-state index is -1.82. The third-order valence-electron chi connectivity index (χ3n) is 4.85. The molecular weight excluding hydrogens is 412 g/mol. The van der Waals surface area contributed by atoms with E-state index in [4.69, 9.17) is 24.5 Å². The van der Waals surface area contributed by atoms with Crippen LogP contribution in [0.25, 0.3) is 6.08 Å². The predicted octanol–water partition coefficient (Wildman–Crippen LogP) is 2.78. The molecule has 2 aromatic rings. The first-order valence-electron chi connectivity index (χ1n) is 10.5. The molecule has 3 N–H and O–H groups in total. The molecule has 0 spiro atoms. The van der Waals surface area contributed by atoms with Crippen molar-refractivity contribution in [2.24, 2.45) is 0 Å². The summed E-state index contributed by atoms with van der Waals surface area (Å²) in [6, 6.07) is 16.1. The van der Waals surface area contributed by atoms with Crippen LogP contribution in [0.5, 0.6) is 11.5 Å². The summed E-state index contributed by atoms with van der Waals surface area (Å²) < 4.78 is 5.48. The van der Waals surface area contributed by atoms with Crippen molar-refractivity contribution in [3.05, 3.63) is 65.7 Å². The van der Waals surface area contributed by atoms with Gasteiger partial charge in [0, 0.05) is 39.3 Å². The Morgan fingerprint density at radius 1 is 0.969 bits per heavy atom. The summed E-state index contributed by atoms with van der Waals surface area (Å²) in [6.45, 7) is 8.66. The zero-order valence-corrected chi connectivity index (χ0v) is 18.2. The quantitative estimate of drug-likeness (QED) is 0.562. The molecule has 0 bridgehead atoms. The van der Waals surface area contributed by atoms with Gasteiger partial charge in [-0.3, -0.25) is 9.80 Å². The van der Waals surface area contributed by atoms with Gasteiger partial charge in [-0.1, -0.05) is 48.6 Å². The molecule has 1 heterocycles. The largest absolute Gasteiger partial charge is 0.504 e. The Morgan fingerprint density at radius 2 is 1.59 bits per heavy atom. The highest BCUT2D eigenvalue weighted by molar-refractivity contribution is 6.27. The number of carbonyl (C=O) groups is 2. The number of carboxylic acids is 2. The number of piperazine rings is 1. The van der Waals surface area contributed by atoms with Gasteiger partial charge in [-0.25, -0.2) is 9.59 Å². The Balaban J connectivity index is 0.000000534. The molecule has 1 saturated heterocycles. The lowest BCUT2D eigenvalue weighted by atomic mass is 10.1. The average Bonchev–Trinajstić information content (AvgIpc) is 2.78. The van der Waals surface area contributed by atoms with E-state index in [0.717, 1.165) is 39.3 Å². The maximum atomic E-state index is 9.82. The van der Waals surface area contributed by atoms with Crippen LogP contribution >= 0.6 is 0 Å². The van der Waals surface area contributed by atoms with E-state index in [9.17, 15) is 5.11 Å². The van der Waals surface area contributed by atoms with E-state index in [0.29, 0.717) is 12.4 Å². The summed E-state index contributed by atoms with van der Waals surface area (Å²) in [5.74, 6) is -2.86. The lowest BCUT2D eigenvalue weighted by molar-refractivity contribution is -0.159. The van der Waals surface area contributed by atoms with Crippen LogP contribution in [0.4, 0.5) is 0 Å². The molecule has 32 heavy (non-hydrogen) atoms. The number of aliphatic carboxylic acids is 2. The minimum Gasteiger partial charge on any atom is -0.504 e. The molecule has 1 aliphatic heterocycles. The number of phenolic OH excluding ortho intramolecular Hbond substituents is 1. The molecule has 0 aromatic heterocycles. The zero-order valence-electron chi connectivity index (χ0n) is 18.2. The molecular formula is C24H30N2O6. The number of aromatic hydroxyl groups is 1. The van der Waals surface area contributed by atoms with Gasteiger partial charge < -0.3 is 20.1 Å². The standard InChI is InChI=1S/C22H28N2O2.C2H2O4/c1-2-26-22-17-20(10-11-21(22)25)18-24-15-13-23(14-16-24)12-6-9-19-7-4-3-5-8-19;3-1(4)2(5)6/h3-11,17,25H,2,12-16,18H2,1H3;(H,3,4)(H,5,6). The fourth-order valence-corrected chi connectivity index (χ4v) is 3.22. The van der Waals surface area contributed by atoms with Crippen molar-refractivity contribution in [2.75, 3.05) is 39.3 Å². The Kier molecular flexibility index (Phi) is 10.2. The van der Waals surface area contributed by atoms with Crippen molar-refractivity contribution in [2.45, 2.75) is 13.5 Å². The lowest BCUT2D eigenvalue weighted by Gasteiger charge is -2.34. The molecule has 1 aliphatic rings. The van der Waals surface area contributed by atoms with Gasteiger partial charge in [0.1, 0.15) is 0 Å². The van der Waals surface area contributed by atoms with Crippen molar-refractivity contribution >= 4 is 18.0 Å². The number of hydrogen-bond donors (Lipinski definition) is 3. The highest BCUT2D eigenvalue weighted by atomic mass is 16.5. The first kappa shape index (κ1) is 24.9. The Labute approximate surface area is 188 Å². The van der Waals surface area contributed by atoms with Gasteiger partial charge in [-0.05, 0) is 30.2 Å². The second kappa shape index (κ2) is 13.1. The summed E-state index contributed by atoms with van der Waals surface area (Å²) in [6.07, 6.45) is 4.44. The van der Waals surface area contributed by atoms with Crippen LogP contribution in [0, 0.1) is 0 Å². The summed E-state index contributed by atoms with van der Waals surface area (Å²) in [7, 11) is 0. The molecule has 0 radical (unpaired) electrons. The Bertz CT molecular complexity index is 881. The smallest absolute Gasteiger partial charge is 0.414 e. The number of nitrogens with zero attached hydrogens (tertiary/aromatic N) is 2. The van der Waals surface area contributed by atoms with Gasteiger partial charge in [0.2, 0.25) is 0 Å². The van der Waals surface area contributed by atoms with Gasteiger partial charge in [0.15, 0.2) is 11.5 Å². The number of rotatable bonds is 7. The van der Waals surface area contributed by atoms with Crippen LogP contribution in [0.15, 0.2) is 54.6 Å². The minimum absolute atomic E-state index is 0.214. The van der Waals surface area contributed by atoms with E-state index in [-0.39, 0.29) is 5.75 Å². The molecule has 172 valence electrons. The van der Waals surface area contributed by atoms with E-state index in [1.807, 2.05) is 25.1 Å². The maximum absolute atomic E-state index is 9.82. The van der Waals surface area contributed by atoms with Crippen molar-refractivity contribution < 1.29 is 29.6 Å². The third-order valence-corrected chi connectivity index (χ3v) is 4.85. The molecule has 3 rings (SSSR count). The highest BCUT2D eigenvalue weighted by Gasteiger charge is 2.16. The second-order valence-corrected chi connectivity index (χ2v) is 7.24. The summed E-state index contributed by atoms with van der Waals surface area (Å²) in [5.41, 5.74) is 2.44. The fourth-order valence-electron chi connectivity index (χ4n) is 3.22. The number of carboxylic acid groups (broad SMARTS) is 2. The van der Waals surface area contributed by atoms with Gasteiger partial charge in [0.05, 0.1) is 6.61 Å². The van der Waals surface area contributed by atoms with Crippen LogP contribution in [-0.4, -0.2) is 76.4 Å². The molecule has 8 heteroatoms. The van der Waals surface area contributed by atoms with Gasteiger partial charge in [-0.2, -0.15) is 0 Å². The van der Waals surface area contributed by atoms with Crippen molar-refractivity contribution in [1.29, 1.82) is 0 Å². The number of benzene rings is 2. The van der Waals surface area contributed by atoms with Gasteiger partial charge >= 0.3 is 11.9 Å². The predicted molar refractivity (Wildman–Crippen MR) is 122 cm³/mol. The van der Waals surface area contributed by atoms with Crippen LogP contribution in [-0.2, 0) is 16.1 Å². The molecule has 0 atom stereocenters. The summed E-state index contributed by atoms with van der Waals surface area (Å²) >= 11 is 0. The second-order valence-electron chi connectivity index (χ2n) is 7.24. The monoisotopic (exact) mass is 442 g/mol. The average molecular weight is 443 g/mol. The van der Waals surface area contributed by atoms with Crippen LogP contribution in [0.2, 0.25) is 0 Å². The van der Waals surface area contributed by atoms with E-state index in [1.54, 1.807) is 6.07 Å².